The number of nitrogens with zero attached hydrogens (tertiary/aromatic N) is 1. The summed E-state index contributed by atoms with van der Waals surface area (Å²) in [6.45, 7) is 3.12. The second-order valence-corrected chi connectivity index (χ2v) is 1.93. The fourth-order valence-electron chi connectivity index (χ4n) is 0. The molecular weight excluding hydrogens is 184 g/mol. The first-order chi connectivity index (χ1) is 3.33. The van der Waals surface area contributed by atoms with Gasteiger partial charge in [-0.25, -0.2) is 0 Å². The van der Waals surface area contributed by atoms with Crippen molar-refractivity contribution in [3.05, 3.63) is 12.7 Å². The molecule has 0 aliphatic heterocycles. The quantitative estimate of drug-likeness (QED) is 0.421. The van der Waals surface area contributed by atoms with Crippen LogP contribution in [-0.4, -0.2) is 0 Å². The Bertz CT molecular complexity index is 67.8. The minimum absolute atomic E-state index is 0.757. The molecule has 0 bridgehead atoms. The fraction of sp³-hybridized carbons (Fsp3) is 0. The summed E-state index contributed by atoms with van der Waals surface area (Å²) >= 11 is 0.757. The van der Waals surface area contributed by atoms with Crippen molar-refractivity contribution in [3.8, 4) is 6.07 Å². The van der Waals surface area contributed by atoms with E-state index in [1.165, 1.54) is 6.08 Å². The second kappa shape index (κ2) is 16.2. The standard InChI is InChI=1S/C3H3N.2ClH.Cu/c1-2-3-4;;;/h2H,1H2;2*1H;/q;;;+2/p-2. The van der Waals surface area contributed by atoms with Gasteiger partial charge in [-0.3, -0.25) is 0 Å². The van der Waals surface area contributed by atoms with Gasteiger partial charge in [0.25, 0.3) is 0 Å². The van der Waals surface area contributed by atoms with Gasteiger partial charge in [0.05, 0.1) is 6.07 Å². The summed E-state index contributed by atoms with van der Waals surface area (Å²) in [6, 6.07) is 1.69. The zero-order valence-electron chi connectivity index (χ0n) is 3.29. The molecule has 0 aromatic carbocycles. The number of halogens is 2. The van der Waals surface area contributed by atoms with Crippen LogP contribution in [0.2, 0.25) is 0 Å². The Hall–Kier alpha value is 0.329. The minimum atomic E-state index is 0.757. The van der Waals surface area contributed by atoms with E-state index in [0.717, 1.165) is 13.1 Å². The number of hydrogen-bond acceptors (Lipinski definition) is 1. The first-order valence-corrected chi connectivity index (χ1v) is 3.74. The normalized spacial score (nSPS) is 5.29. The van der Waals surface area contributed by atoms with E-state index in [9.17, 15) is 0 Å². The van der Waals surface area contributed by atoms with E-state index in [2.05, 4.69) is 26.8 Å². The van der Waals surface area contributed by atoms with E-state index >= 15 is 0 Å². The fourth-order valence-corrected chi connectivity index (χ4v) is 0. The van der Waals surface area contributed by atoms with Crippen molar-refractivity contribution in [2.45, 2.75) is 0 Å². The second-order valence-electron chi connectivity index (χ2n) is 0.376. The average Bonchev–Trinajstić information content (AvgIpc) is 1.69. The number of hydrogen-bond donors (Lipinski definition) is 0. The molecule has 0 fully saturated rings. The molecule has 0 N–H and O–H groups in total. The van der Waals surface area contributed by atoms with Crippen LogP contribution in [0, 0.1) is 11.3 Å². The SMILES string of the molecule is C=CC#N.[Cl][Cu][Cl]. The van der Waals surface area contributed by atoms with Crippen molar-refractivity contribution in [2.24, 2.45) is 0 Å². The van der Waals surface area contributed by atoms with Crippen LogP contribution in [-0.2, 0) is 13.1 Å². The van der Waals surface area contributed by atoms with E-state index in [4.69, 9.17) is 5.26 Å². The summed E-state index contributed by atoms with van der Waals surface area (Å²) in [7, 11) is 9.34. The summed E-state index contributed by atoms with van der Waals surface area (Å²) in [4.78, 5) is 0. The van der Waals surface area contributed by atoms with Crippen LogP contribution in [0.25, 0.3) is 0 Å². The first-order valence-electron chi connectivity index (χ1n) is 1.15. The van der Waals surface area contributed by atoms with E-state index in [1.807, 2.05) is 0 Å². The summed E-state index contributed by atoms with van der Waals surface area (Å²) in [5.74, 6) is 0. The van der Waals surface area contributed by atoms with Gasteiger partial charge in [0, 0.05) is 6.08 Å². The Labute approximate surface area is 57.5 Å². The maximum absolute atomic E-state index is 7.51. The molecule has 0 amide bonds. The van der Waals surface area contributed by atoms with Crippen molar-refractivity contribution in [3.63, 3.8) is 0 Å². The average molecular weight is 188 g/mol. The molecule has 0 spiro atoms. The summed E-state index contributed by atoms with van der Waals surface area (Å²) in [5.41, 5.74) is 0. The maximum atomic E-state index is 7.51. The Morgan fingerprint density at radius 3 is 1.86 bits per heavy atom. The Morgan fingerprint density at radius 2 is 1.86 bits per heavy atom. The molecule has 0 aliphatic carbocycles. The van der Waals surface area contributed by atoms with E-state index in [0.29, 0.717) is 0 Å². The number of nitriles is 1. The van der Waals surface area contributed by atoms with Crippen LogP contribution in [0.3, 0.4) is 0 Å². The molecule has 45 valence electrons. The van der Waals surface area contributed by atoms with Crippen LogP contribution in [0.4, 0.5) is 0 Å². The molecule has 0 heterocycles. The summed E-state index contributed by atoms with van der Waals surface area (Å²) in [6.07, 6.45) is 1.18. The molecule has 1 nitrogen and oxygen atoms in total. The Morgan fingerprint density at radius 1 is 1.71 bits per heavy atom. The molecule has 7 heavy (non-hydrogen) atoms. The van der Waals surface area contributed by atoms with Gasteiger partial charge in [-0.05, 0) is 0 Å². The summed E-state index contributed by atoms with van der Waals surface area (Å²) < 4.78 is 0. The number of rotatable bonds is 0. The molecule has 0 aliphatic rings. The van der Waals surface area contributed by atoms with Crippen molar-refractivity contribution in [1.29, 1.82) is 5.26 Å². The van der Waals surface area contributed by atoms with Crippen molar-refractivity contribution in [1.82, 2.24) is 0 Å². The van der Waals surface area contributed by atoms with Crippen molar-refractivity contribution < 1.29 is 13.1 Å². The monoisotopic (exact) mass is 186 g/mol. The van der Waals surface area contributed by atoms with Gasteiger partial charge in [0.2, 0.25) is 0 Å². The van der Waals surface area contributed by atoms with E-state index in [1.54, 1.807) is 6.07 Å². The van der Waals surface area contributed by atoms with E-state index < -0.39 is 0 Å². The first kappa shape index (κ1) is 10.3. The predicted molar refractivity (Wildman–Crippen MR) is 27.5 cm³/mol. The Balaban J connectivity index is 0. The van der Waals surface area contributed by atoms with Crippen molar-refractivity contribution in [2.75, 3.05) is 0 Å². The zero-order chi connectivity index (χ0) is 6.12. The van der Waals surface area contributed by atoms with Crippen LogP contribution in [0.5, 0.6) is 0 Å². The number of allylic oxidation sites excluding steroid dienone is 1. The molecule has 0 atom stereocenters. The molecule has 0 aromatic rings. The van der Waals surface area contributed by atoms with Crippen LogP contribution in [0.15, 0.2) is 12.7 Å². The van der Waals surface area contributed by atoms with Gasteiger partial charge >= 0.3 is 33.3 Å². The third kappa shape index (κ3) is 67.1. The molecule has 4 heteroatoms. The molecule has 0 rings (SSSR count). The zero-order valence-corrected chi connectivity index (χ0v) is 5.74. The van der Waals surface area contributed by atoms with Crippen LogP contribution >= 0.6 is 20.2 Å². The molecule has 0 radical (unpaired) electrons. The predicted octanol–water partition coefficient (Wildman–Crippen LogP) is 2.07. The van der Waals surface area contributed by atoms with Crippen molar-refractivity contribution >= 4 is 20.2 Å². The summed E-state index contributed by atoms with van der Waals surface area (Å²) in [5, 5.41) is 7.51. The molecular formula is C3H3Cl2CuN. The van der Waals surface area contributed by atoms with Gasteiger partial charge in [-0.15, -0.1) is 0 Å². The Kier molecular flexibility index (Phi) is 24.0. The molecule has 0 saturated heterocycles. The molecule has 0 aromatic heterocycles. The third-order valence-electron chi connectivity index (χ3n) is 0.0913. The van der Waals surface area contributed by atoms with Gasteiger partial charge in [-0.1, -0.05) is 6.58 Å². The van der Waals surface area contributed by atoms with Gasteiger partial charge in [-0.2, -0.15) is 5.26 Å². The van der Waals surface area contributed by atoms with E-state index in [-0.39, 0.29) is 0 Å². The van der Waals surface area contributed by atoms with Gasteiger partial charge in [0.15, 0.2) is 0 Å². The topological polar surface area (TPSA) is 23.8 Å². The molecule has 0 saturated carbocycles. The molecule has 0 unspecified atom stereocenters. The van der Waals surface area contributed by atoms with Crippen LogP contribution < -0.4 is 0 Å². The van der Waals surface area contributed by atoms with Gasteiger partial charge < -0.3 is 0 Å². The van der Waals surface area contributed by atoms with Crippen LogP contribution in [0.1, 0.15) is 0 Å². The third-order valence-corrected chi connectivity index (χ3v) is 0.0913. The van der Waals surface area contributed by atoms with Gasteiger partial charge in [0.1, 0.15) is 0 Å².